The number of pyridine rings is 1. The number of nitrogens with two attached hydrogens (primary N) is 1. The summed E-state index contributed by atoms with van der Waals surface area (Å²) < 4.78 is 0. The van der Waals surface area contributed by atoms with Gasteiger partial charge in [0.05, 0.1) is 5.69 Å². The Morgan fingerprint density at radius 1 is 1.56 bits per heavy atom. The van der Waals surface area contributed by atoms with Gasteiger partial charge < -0.3 is 11.1 Å². The minimum Gasteiger partial charge on any atom is -0.330 e. The summed E-state index contributed by atoms with van der Waals surface area (Å²) >= 11 is 5.86. The van der Waals surface area contributed by atoms with Gasteiger partial charge >= 0.3 is 0 Å². The zero-order valence-corrected chi connectivity index (χ0v) is 10.0. The van der Waals surface area contributed by atoms with Crippen LogP contribution in [-0.2, 0) is 4.79 Å². The molecule has 1 heterocycles. The number of aromatic nitrogens is 1. The number of aryl methyl sites for hydroxylation is 1. The number of unbranched alkanes of at least 4 members (excludes halogenated alkanes) is 1. The van der Waals surface area contributed by atoms with Gasteiger partial charge in [0.2, 0.25) is 5.91 Å². The Balaban J connectivity index is 2.52. The fourth-order valence-corrected chi connectivity index (χ4v) is 1.43. The molecular weight excluding hydrogens is 226 g/mol. The molecule has 0 aliphatic heterocycles. The van der Waals surface area contributed by atoms with E-state index in [4.69, 9.17) is 17.3 Å². The minimum atomic E-state index is -0.0530. The second-order valence-electron chi connectivity index (χ2n) is 3.64. The summed E-state index contributed by atoms with van der Waals surface area (Å²) in [4.78, 5) is 15.5. The highest BCUT2D eigenvalue weighted by atomic mass is 35.5. The first-order valence-corrected chi connectivity index (χ1v) is 5.63. The number of nitrogens with one attached hydrogen (secondary N) is 1. The molecular formula is C11H16ClN3O. The Bertz CT molecular complexity index is 368. The SMILES string of the molecule is Cc1cnc(Cl)c(NC(=O)CCCCN)c1. The van der Waals surface area contributed by atoms with Crippen molar-refractivity contribution in [3.63, 3.8) is 0 Å². The van der Waals surface area contributed by atoms with Gasteiger partial charge in [0.1, 0.15) is 0 Å². The number of nitrogens with zero attached hydrogens (tertiary/aromatic N) is 1. The summed E-state index contributed by atoms with van der Waals surface area (Å²) in [6.45, 7) is 2.51. The number of carbonyl (C=O) groups is 1. The van der Waals surface area contributed by atoms with Crippen molar-refractivity contribution in [2.24, 2.45) is 5.73 Å². The van der Waals surface area contributed by atoms with Gasteiger partial charge in [0, 0.05) is 12.6 Å². The van der Waals surface area contributed by atoms with E-state index in [1.165, 1.54) is 0 Å². The van der Waals surface area contributed by atoms with Gasteiger partial charge in [-0.25, -0.2) is 4.98 Å². The molecule has 0 fully saturated rings. The van der Waals surface area contributed by atoms with Crippen LogP contribution in [0.4, 0.5) is 5.69 Å². The Morgan fingerprint density at radius 3 is 3.00 bits per heavy atom. The van der Waals surface area contributed by atoms with E-state index in [0.717, 1.165) is 18.4 Å². The molecule has 16 heavy (non-hydrogen) atoms. The van der Waals surface area contributed by atoms with E-state index in [0.29, 0.717) is 23.8 Å². The van der Waals surface area contributed by atoms with Gasteiger partial charge in [0.25, 0.3) is 0 Å². The lowest BCUT2D eigenvalue weighted by Gasteiger charge is -2.07. The molecule has 0 aromatic carbocycles. The Labute approximate surface area is 100 Å². The van der Waals surface area contributed by atoms with E-state index < -0.39 is 0 Å². The molecule has 1 aromatic heterocycles. The van der Waals surface area contributed by atoms with Crippen LogP contribution >= 0.6 is 11.6 Å². The molecule has 0 saturated heterocycles. The third-order valence-electron chi connectivity index (χ3n) is 2.11. The first kappa shape index (κ1) is 12.9. The summed E-state index contributed by atoms with van der Waals surface area (Å²) in [5, 5.41) is 3.05. The monoisotopic (exact) mass is 241 g/mol. The third-order valence-corrected chi connectivity index (χ3v) is 2.41. The predicted octanol–water partition coefficient (Wildman–Crippen LogP) is 2.11. The fraction of sp³-hybridized carbons (Fsp3) is 0.455. The molecule has 1 aromatic rings. The van der Waals surface area contributed by atoms with Crippen molar-refractivity contribution < 1.29 is 4.79 Å². The van der Waals surface area contributed by atoms with Crippen molar-refractivity contribution in [2.75, 3.05) is 11.9 Å². The van der Waals surface area contributed by atoms with Crippen LogP contribution in [0, 0.1) is 6.92 Å². The predicted molar refractivity (Wildman–Crippen MR) is 65.5 cm³/mol. The number of halogens is 1. The van der Waals surface area contributed by atoms with E-state index in [2.05, 4.69) is 10.3 Å². The van der Waals surface area contributed by atoms with Gasteiger partial charge in [-0.05, 0) is 37.9 Å². The summed E-state index contributed by atoms with van der Waals surface area (Å²) in [5.41, 5.74) is 6.88. The van der Waals surface area contributed by atoms with E-state index in [1.54, 1.807) is 12.3 Å². The highest BCUT2D eigenvalue weighted by Gasteiger charge is 2.06. The molecule has 3 N–H and O–H groups in total. The molecule has 0 spiro atoms. The summed E-state index contributed by atoms with van der Waals surface area (Å²) in [5.74, 6) is -0.0530. The summed E-state index contributed by atoms with van der Waals surface area (Å²) in [6, 6.07) is 1.80. The molecule has 0 atom stereocenters. The van der Waals surface area contributed by atoms with Crippen LogP contribution in [0.1, 0.15) is 24.8 Å². The van der Waals surface area contributed by atoms with Crippen molar-refractivity contribution in [3.8, 4) is 0 Å². The molecule has 88 valence electrons. The number of carbonyl (C=O) groups excluding carboxylic acids is 1. The van der Waals surface area contributed by atoms with Crippen LogP contribution in [0.25, 0.3) is 0 Å². The molecule has 5 heteroatoms. The fourth-order valence-electron chi connectivity index (χ4n) is 1.28. The number of hydrogen-bond acceptors (Lipinski definition) is 3. The summed E-state index contributed by atoms with van der Waals surface area (Å²) in [7, 11) is 0. The first-order chi connectivity index (χ1) is 7.63. The van der Waals surface area contributed by atoms with E-state index >= 15 is 0 Å². The maximum atomic E-state index is 11.5. The standard InChI is InChI=1S/C11H16ClN3O/c1-8-6-9(11(12)14-7-8)15-10(16)4-2-3-5-13/h6-7H,2-5,13H2,1H3,(H,15,16). The van der Waals surface area contributed by atoms with Crippen LogP contribution < -0.4 is 11.1 Å². The Hall–Kier alpha value is -1.13. The number of anilines is 1. The maximum absolute atomic E-state index is 11.5. The van der Waals surface area contributed by atoms with Gasteiger partial charge in [0.15, 0.2) is 5.15 Å². The van der Waals surface area contributed by atoms with Crippen molar-refractivity contribution in [1.29, 1.82) is 0 Å². The van der Waals surface area contributed by atoms with Gasteiger partial charge in [-0.3, -0.25) is 4.79 Å². The average molecular weight is 242 g/mol. The van der Waals surface area contributed by atoms with Crippen molar-refractivity contribution in [1.82, 2.24) is 4.98 Å². The van der Waals surface area contributed by atoms with E-state index in [9.17, 15) is 4.79 Å². The molecule has 0 aliphatic carbocycles. The molecule has 1 amide bonds. The number of amides is 1. The van der Waals surface area contributed by atoms with Crippen LogP contribution in [0.5, 0.6) is 0 Å². The number of hydrogen-bond donors (Lipinski definition) is 2. The molecule has 0 aliphatic rings. The highest BCUT2D eigenvalue weighted by molar-refractivity contribution is 6.32. The van der Waals surface area contributed by atoms with Gasteiger partial charge in [-0.1, -0.05) is 11.6 Å². The van der Waals surface area contributed by atoms with E-state index in [-0.39, 0.29) is 5.91 Å². The average Bonchev–Trinajstić information content (AvgIpc) is 2.24. The molecule has 0 radical (unpaired) electrons. The van der Waals surface area contributed by atoms with Crippen LogP contribution in [0.2, 0.25) is 5.15 Å². The largest absolute Gasteiger partial charge is 0.330 e. The molecule has 0 saturated carbocycles. The lowest BCUT2D eigenvalue weighted by molar-refractivity contribution is -0.116. The topological polar surface area (TPSA) is 68.0 Å². The Kier molecular flexibility index (Phi) is 5.22. The Morgan fingerprint density at radius 2 is 2.31 bits per heavy atom. The van der Waals surface area contributed by atoms with Crippen molar-refractivity contribution in [2.45, 2.75) is 26.2 Å². The van der Waals surface area contributed by atoms with Crippen molar-refractivity contribution in [3.05, 3.63) is 23.0 Å². The maximum Gasteiger partial charge on any atom is 0.224 e. The second-order valence-corrected chi connectivity index (χ2v) is 4.00. The quantitative estimate of drug-likeness (QED) is 0.613. The van der Waals surface area contributed by atoms with Crippen LogP contribution in [-0.4, -0.2) is 17.4 Å². The summed E-state index contributed by atoms with van der Waals surface area (Å²) in [6.07, 6.45) is 3.76. The lowest BCUT2D eigenvalue weighted by Crippen LogP contribution is -2.12. The van der Waals surface area contributed by atoms with Crippen molar-refractivity contribution >= 4 is 23.2 Å². The number of rotatable bonds is 5. The molecule has 4 nitrogen and oxygen atoms in total. The highest BCUT2D eigenvalue weighted by Crippen LogP contribution is 2.19. The van der Waals surface area contributed by atoms with Gasteiger partial charge in [-0.15, -0.1) is 0 Å². The van der Waals surface area contributed by atoms with Crippen LogP contribution in [0.3, 0.4) is 0 Å². The molecule has 0 bridgehead atoms. The molecule has 1 rings (SSSR count). The smallest absolute Gasteiger partial charge is 0.224 e. The van der Waals surface area contributed by atoms with Gasteiger partial charge in [-0.2, -0.15) is 0 Å². The van der Waals surface area contributed by atoms with E-state index in [1.807, 2.05) is 6.92 Å². The third kappa shape index (κ3) is 4.16. The minimum absolute atomic E-state index is 0.0530. The normalized spacial score (nSPS) is 10.2. The lowest BCUT2D eigenvalue weighted by atomic mass is 10.2. The molecule has 0 unspecified atom stereocenters. The van der Waals surface area contributed by atoms with Crippen LogP contribution in [0.15, 0.2) is 12.3 Å². The second kappa shape index (κ2) is 6.45. The zero-order valence-electron chi connectivity index (χ0n) is 9.29. The first-order valence-electron chi connectivity index (χ1n) is 5.25. The zero-order chi connectivity index (χ0) is 12.0.